The second-order valence-corrected chi connectivity index (χ2v) is 5.92. The second kappa shape index (κ2) is 3.89. The number of ether oxygens (including phenoxy) is 2. The SMILES string of the molecule is O=S(=O)(NC1CC1)c1ccc2c(c1)OCCO2. The predicted molar refractivity (Wildman–Crippen MR) is 60.8 cm³/mol. The molecule has 0 spiro atoms. The van der Waals surface area contributed by atoms with Crippen molar-refractivity contribution in [2.45, 2.75) is 23.8 Å². The molecule has 1 aliphatic carbocycles. The van der Waals surface area contributed by atoms with Gasteiger partial charge in [0.05, 0.1) is 4.90 Å². The fourth-order valence-corrected chi connectivity index (χ4v) is 3.00. The number of benzene rings is 1. The van der Waals surface area contributed by atoms with Crippen LogP contribution in [0.2, 0.25) is 0 Å². The third kappa shape index (κ3) is 2.23. The number of hydrogen-bond donors (Lipinski definition) is 1. The molecule has 0 radical (unpaired) electrons. The normalized spacial score (nSPS) is 19.1. The second-order valence-electron chi connectivity index (χ2n) is 4.20. The van der Waals surface area contributed by atoms with Gasteiger partial charge in [0.15, 0.2) is 11.5 Å². The standard InChI is InChI=1S/C11H13NO4S/c13-17(14,12-8-1-2-8)9-3-4-10-11(7-9)16-6-5-15-10/h3-4,7-8,12H,1-2,5-6H2. The molecular weight excluding hydrogens is 242 g/mol. The summed E-state index contributed by atoms with van der Waals surface area (Å²) in [6, 6.07) is 4.79. The Labute approximate surface area is 99.8 Å². The van der Waals surface area contributed by atoms with Crippen LogP contribution in [0.4, 0.5) is 0 Å². The van der Waals surface area contributed by atoms with Gasteiger partial charge < -0.3 is 9.47 Å². The van der Waals surface area contributed by atoms with Gasteiger partial charge >= 0.3 is 0 Å². The van der Waals surface area contributed by atoms with Crippen molar-refractivity contribution >= 4 is 10.0 Å². The Bertz CT molecular complexity index is 536. The molecule has 1 aromatic carbocycles. The third-order valence-corrected chi connectivity index (χ3v) is 4.24. The van der Waals surface area contributed by atoms with Crippen molar-refractivity contribution in [3.8, 4) is 11.5 Å². The van der Waals surface area contributed by atoms with Gasteiger partial charge in [0.2, 0.25) is 10.0 Å². The first-order valence-electron chi connectivity index (χ1n) is 5.57. The molecule has 0 aromatic heterocycles. The van der Waals surface area contributed by atoms with E-state index in [-0.39, 0.29) is 10.9 Å². The van der Waals surface area contributed by atoms with Crippen LogP contribution in [0.25, 0.3) is 0 Å². The highest BCUT2D eigenvalue weighted by Crippen LogP contribution is 2.32. The lowest BCUT2D eigenvalue weighted by Crippen LogP contribution is -2.26. The fraction of sp³-hybridized carbons (Fsp3) is 0.455. The molecule has 1 aromatic rings. The van der Waals surface area contributed by atoms with Gasteiger partial charge in [0.25, 0.3) is 0 Å². The van der Waals surface area contributed by atoms with Gasteiger partial charge in [-0.3, -0.25) is 0 Å². The Hall–Kier alpha value is -1.27. The lowest BCUT2D eigenvalue weighted by atomic mass is 10.3. The molecule has 2 aliphatic rings. The zero-order valence-corrected chi connectivity index (χ0v) is 10.00. The molecule has 5 nitrogen and oxygen atoms in total. The van der Waals surface area contributed by atoms with E-state index in [4.69, 9.17) is 9.47 Å². The van der Waals surface area contributed by atoms with Gasteiger partial charge in [-0.2, -0.15) is 0 Å². The molecule has 0 atom stereocenters. The van der Waals surface area contributed by atoms with Crippen LogP contribution >= 0.6 is 0 Å². The summed E-state index contributed by atoms with van der Waals surface area (Å²) in [6.07, 6.45) is 1.84. The molecule has 0 amide bonds. The van der Waals surface area contributed by atoms with Crippen molar-refractivity contribution in [2.24, 2.45) is 0 Å². The van der Waals surface area contributed by atoms with Crippen molar-refractivity contribution in [3.05, 3.63) is 18.2 Å². The molecule has 1 aliphatic heterocycles. The molecule has 92 valence electrons. The molecule has 0 saturated heterocycles. The zero-order chi connectivity index (χ0) is 11.9. The summed E-state index contributed by atoms with van der Waals surface area (Å²) in [5.74, 6) is 1.09. The van der Waals surface area contributed by atoms with Gasteiger partial charge in [0.1, 0.15) is 13.2 Å². The van der Waals surface area contributed by atoms with E-state index >= 15 is 0 Å². The number of sulfonamides is 1. The van der Waals surface area contributed by atoms with Crippen LogP contribution in [0.15, 0.2) is 23.1 Å². The summed E-state index contributed by atoms with van der Waals surface area (Å²) in [6.45, 7) is 0.950. The van der Waals surface area contributed by atoms with Crippen LogP contribution in [0.1, 0.15) is 12.8 Å². The van der Waals surface area contributed by atoms with E-state index in [0.29, 0.717) is 24.7 Å². The Morgan fingerprint density at radius 3 is 2.53 bits per heavy atom. The van der Waals surface area contributed by atoms with Crippen LogP contribution in [0.5, 0.6) is 11.5 Å². The number of hydrogen-bond acceptors (Lipinski definition) is 4. The van der Waals surface area contributed by atoms with E-state index in [2.05, 4.69) is 4.72 Å². The smallest absolute Gasteiger partial charge is 0.240 e. The highest BCUT2D eigenvalue weighted by Gasteiger charge is 2.28. The summed E-state index contributed by atoms with van der Waals surface area (Å²) in [5.41, 5.74) is 0. The van der Waals surface area contributed by atoms with Crippen molar-refractivity contribution in [1.29, 1.82) is 0 Å². The maximum Gasteiger partial charge on any atom is 0.240 e. The quantitative estimate of drug-likeness (QED) is 0.871. The number of nitrogens with one attached hydrogen (secondary N) is 1. The van der Waals surface area contributed by atoms with E-state index in [1.54, 1.807) is 6.07 Å². The fourth-order valence-electron chi connectivity index (χ4n) is 1.68. The molecule has 0 bridgehead atoms. The van der Waals surface area contributed by atoms with E-state index in [1.165, 1.54) is 12.1 Å². The predicted octanol–water partition coefficient (Wildman–Crippen LogP) is 0.899. The van der Waals surface area contributed by atoms with E-state index in [1.807, 2.05) is 0 Å². The van der Waals surface area contributed by atoms with Crippen molar-refractivity contribution < 1.29 is 17.9 Å². The molecule has 6 heteroatoms. The molecular formula is C11H13NO4S. The van der Waals surface area contributed by atoms with E-state index in [9.17, 15) is 8.42 Å². The van der Waals surface area contributed by atoms with Crippen molar-refractivity contribution in [2.75, 3.05) is 13.2 Å². The first-order valence-corrected chi connectivity index (χ1v) is 7.05. The van der Waals surface area contributed by atoms with Gasteiger partial charge in [-0.15, -0.1) is 0 Å². The van der Waals surface area contributed by atoms with Crippen LogP contribution in [0.3, 0.4) is 0 Å². The summed E-state index contributed by atoms with van der Waals surface area (Å²) in [4.78, 5) is 0.230. The molecule has 1 N–H and O–H groups in total. The lowest BCUT2D eigenvalue weighted by molar-refractivity contribution is 0.171. The zero-order valence-electron chi connectivity index (χ0n) is 9.18. The minimum atomic E-state index is -3.42. The van der Waals surface area contributed by atoms with Gasteiger partial charge in [0, 0.05) is 12.1 Å². The summed E-state index contributed by atoms with van der Waals surface area (Å²) in [7, 11) is -3.42. The Balaban J connectivity index is 1.92. The Kier molecular flexibility index (Phi) is 2.48. The Morgan fingerprint density at radius 1 is 1.12 bits per heavy atom. The number of fused-ring (bicyclic) bond motifs is 1. The highest BCUT2D eigenvalue weighted by atomic mass is 32.2. The van der Waals surface area contributed by atoms with E-state index in [0.717, 1.165) is 12.8 Å². The van der Waals surface area contributed by atoms with Crippen molar-refractivity contribution in [1.82, 2.24) is 4.72 Å². The van der Waals surface area contributed by atoms with Crippen LogP contribution in [-0.2, 0) is 10.0 Å². The minimum absolute atomic E-state index is 0.105. The summed E-state index contributed by atoms with van der Waals surface area (Å²) >= 11 is 0. The molecule has 17 heavy (non-hydrogen) atoms. The molecule has 0 unspecified atom stereocenters. The maximum atomic E-state index is 12.0. The van der Waals surface area contributed by atoms with Crippen molar-refractivity contribution in [3.63, 3.8) is 0 Å². The average Bonchev–Trinajstić information content (AvgIpc) is 3.11. The molecule has 1 fully saturated rings. The van der Waals surface area contributed by atoms with Crippen LogP contribution in [0, 0.1) is 0 Å². The first kappa shape index (κ1) is 10.9. The highest BCUT2D eigenvalue weighted by molar-refractivity contribution is 7.89. The third-order valence-electron chi connectivity index (χ3n) is 2.72. The monoisotopic (exact) mass is 255 g/mol. The minimum Gasteiger partial charge on any atom is -0.486 e. The largest absolute Gasteiger partial charge is 0.486 e. The topological polar surface area (TPSA) is 64.6 Å². The number of rotatable bonds is 3. The van der Waals surface area contributed by atoms with Gasteiger partial charge in [-0.1, -0.05) is 0 Å². The molecule has 1 heterocycles. The first-order chi connectivity index (χ1) is 8.15. The lowest BCUT2D eigenvalue weighted by Gasteiger charge is -2.18. The Morgan fingerprint density at radius 2 is 1.82 bits per heavy atom. The van der Waals surface area contributed by atoms with Crippen LogP contribution < -0.4 is 14.2 Å². The average molecular weight is 255 g/mol. The maximum absolute atomic E-state index is 12.0. The van der Waals surface area contributed by atoms with Gasteiger partial charge in [-0.25, -0.2) is 13.1 Å². The van der Waals surface area contributed by atoms with E-state index < -0.39 is 10.0 Å². The molecule has 1 saturated carbocycles. The molecule has 3 rings (SSSR count). The van der Waals surface area contributed by atoms with Crippen LogP contribution in [-0.4, -0.2) is 27.7 Å². The summed E-state index contributed by atoms with van der Waals surface area (Å²) < 4.78 is 37.3. The van der Waals surface area contributed by atoms with Gasteiger partial charge in [-0.05, 0) is 25.0 Å². The summed E-state index contributed by atoms with van der Waals surface area (Å²) in [5, 5.41) is 0.